The van der Waals surface area contributed by atoms with Crippen molar-refractivity contribution in [2.75, 3.05) is 0 Å². The lowest BCUT2D eigenvalue weighted by molar-refractivity contribution is -0.125. The van der Waals surface area contributed by atoms with Gasteiger partial charge >= 0.3 is 0 Å². The molecular formula is C14H20N4O4. The van der Waals surface area contributed by atoms with Gasteiger partial charge in [0.2, 0.25) is 0 Å². The Labute approximate surface area is 128 Å². The monoisotopic (exact) mass is 308 g/mol. The molecule has 0 saturated heterocycles. The largest absolute Gasteiger partial charge is 0.328 e. The summed E-state index contributed by atoms with van der Waals surface area (Å²) in [5.41, 5.74) is 11.3. The molecule has 4 amide bonds. The Morgan fingerprint density at radius 1 is 0.636 bits per heavy atom. The molecule has 22 heavy (non-hydrogen) atoms. The third-order valence-electron chi connectivity index (χ3n) is 3.08. The van der Waals surface area contributed by atoms with E-state index in [4.69, 9.17) is 11.5 Å². The zero-order valence-corrected chi connectivity index (χ0v) is 12.1. The molecular weight excluding hydrogens is 288 g/mol. The first-order valence-electron chi connectivity index (χ1n) is 6.94. The van der Waals surface area contributed by atoms with E-state index in [1.54, 1.807) is 0 Å². The van der Waals surface area contributed by atoms with Crippen LogP contribution in [0.2, 0.25) is 0 Å². The third kappa shape index (κ3) is 7.46. The normalized spacial score (nSPS) is 25.7. The number of carbonyl (C=O) groups is 4. The van der Waals surface area contributed by atoms with Gasteiger partial charge in [0.15, 0.2) is 0 Å². The molecule has 0 atom stereocenters. The summed E-state index contributed by atoms with van der Waals surface area (Å²) in [6.45, 7) is 0. The van der Waals surface area contributed by atoms with Crippen molar-refractivity contribution in [2.24, 2.45) is 11.5 Å². The van der Waals surface area contributed by atoms with Crippen molar-refractivity contribution in [3.05, 3.63) is 24.3 Å². The van der Waals surface area contributed by atoms with Crippen LogP contribution in [-0.4, -0.2) is 35.7 Å². The van der Waals surface area contributed by atoms with Gasteiger partial charge in [-0.2, -0.15) is 0 Å². The van der Waals surface area contributed by atoms with Gasteiger partial charge in [-0.25, -0.2) is 0 Å². The predicted octanol–water partition coefficient (Wildman–Crippen LogP) is -1.39. The molecule has 2 heterocycles. The van der Waals surface area contributed by atoms with Gasteiger partial charge < -0.3 is 11.5 Å². The standard InChI is InChI=1S/C6H14N2.2C4H3NO2/c7-5-1-2-6(8)4-3-5;2*6-3-1-2-4(7)5-3/h5-6H,1-4,7-8H2;2*1-2H,(H,5,6,7). The summed E-state index contributed by atoms with van der Waals surface area (Å²) in [6, 6.07) is 0.879. The van der Waals surface area contributed by atoms with Crippen molar-refractivity contribution in [1.29, 1.82) is 0 Å². The Hall–Kier alpha value is -2.32. The van der Waals surface area contributed by atoms with Crippen LogP contribution >= 0.6 is 0 Å². The van der Waals surface area contributed by atoms with Gasteiger partial charge in [0.05, 0.1) is 0 Å². The van der Waals surface area contributed by atoms with Crippen LogP contribution in [0.5, 0.6) is 0 Å². The fourth-order valence-electron chi connectivity index (χ4n) is 1.86. The van der Waals surface area contributed by atoms with Crippen LogP contribution in [0.4, 0.5) is 0 Å². The number of amides is 4. The van der Waals surface area contributed by atoms with E-state index in [9.17, 15) is 19.2 Å². The smallest absolute Gasteiger partial charge is 0.250 e. The van der Waals surface area contributed by atoms with Crippen molar-refractivity contribution >= 4 is 23.6 Å². The lowest BCUT2D eigenvalue weighted by Crippen LogP contribution is -2.33. The number of carbonyl (C=O) groups excluding carboxylic acids is 4. The summed E-state index contributed by atoms with van der Waals surface area (Å²) in [5.74, 6) is -1.31. The topological polar surface area (TPSA) is 144 Å². The van der Waals surface area contributed by atoms with Gasteiger partial charge in [0, 0.05) is 36.4 Å². The Bertz CT molecular complexity index is 427. The summed E-state index contributed by atoms with van der Waals surface area (Å²) in [7, 11) is 0. The molecule has 0 spiro atoms. The number of nitrogens with two attached hydrogens (primary N) is 2. The molecule has 0 radical (unpaired) electrons. The maximum atomic E-state index is 10.0. The summed E-state index contributed by atoms with van der Waals surface area (Å²) >= 11 is 0. The molecule has 1 saturated carbocycles. The Kier molecular flexibility index (Phi) is 7.14. The fourth-order valence-corrected chi connectivity index (χ4v) is 1.86. The molecule has 3 rings (SSSR count). The average Bonchev–Trinajstić information content (AvgIpc) is 3.02. The third-order valence-corrected chi connectivity index (χ3v) is 3.08. The molecule has 0 aromatic rings. The van der Waals surface area contributed by atoms with E-state index in [0.29, 0.717) is 12.1 Å². The first-order valence-corrected chi connectivity index (χ1v) is 6.94. The summed E-state index contributed by atoms with van der Waals surface area (Å²) < 4.78 is 0. The zero-order valence-electron chi connectivity index (χ0n) is 12.1. The molecule has 1 fully saturated rings. The van der Waals surface area contributed by atoms with Crippen LogP contribution < -0.4 is 22.1 Å². The average molecular weight is 308 g/mol. The Morgan fingerprint density at radius 3 is 1.00 bits per heavy atom. The van der Waals surface area contributed by atoms with Crippen LogP contribution in [0.25, 0.3) is 0 Å². The molecule has 0 aromatic heterocycles. The van der Waals surface area contributed by atoms with E-state index in [0.717, 1.165) is 25.7 Å². The number of imide groups is 2. The second-order valence-electron chi connectivity index (χ2n) is 5.05. The molecule has 0 aromatic carbocycles. The lowest BCUT2D eigenvalue weighted by Gasteiger charge is -2.22. The first kappa shape index (κ1) is 17.7. The van der Waals surface area contributed by atoms with Crippen molar-refractivity contribution in [2.45, 2.75) is 37.8 Å². The summed E-state index contributed by atoms with van der Waals surface area (Å²) in [6.07, 6.45) is 9.29. The Morgan fingerprint density at radius 2 is 0.864 bits per heavy atom. The molecule has 1 aliphatic carbocycles. The molecule has 0 unspecified atom stereocenters. The predicted molar refractivity (Wildman–Crippen MR) is 79.0 cm³/mol. The van der Waals surface area contributed by atoms with Crippen LogP contribution in [0.1, 0.15) is 25.7 Å². The van der Waals surface area contributed by atoms with E-state index in [2.05, 4.69) is 0 Å². The maximum absolute atomic E-state index is 10.0. The van der Waals surface area contributed by atoms with Gasteiger partial charge in [0.25, 0.3) is 23.6 Å². The van der Waals surface area contributed by atoms with Crippen molar-refractivity contribution in [3.63, 3.8) is 0 Å². The van der Waals surface area contributed by atoms with E-state index in [-0.39, 0.29) is 23.6 Å². The minimum absolute atomic E-state index is 0.329. The van der Waals surface area contributed by atoms with Crippen LogP contribution in [0, 0.1) is 0 Å². The van der Waals surface area contributed by atoms with Crippen molar-refractivity contribution < 1.29 is 19.2 Å². The maximum Gasteiger partial charge on any atom is 0.250 e. The number of hydrogen-bond donors (Lipinski definition) is 4. The first-order chi connectivity index (χ1) is 10.4. The van der Waals surface area contributed by atoms with E-state index in [1.165, 1.54) is 24.3 Å². The van der Waals surface area contributed by atoms with Crippen LogP contribution in [0.15, 0.2) is 24.3 Å². The number of rotatable bonds is 0. The van der Waals surface area contributed by atoms with E-state index >= 15 is 0 Å². The highest BCUT2D eigenvalue weighted by Gasteiger charge is 2.13. The second-order valence-corrected chi connectivity index (χ2v) is 5.05. The lowest BCUT2D eigenvalue weighted by atomic mass is 9.93. The summed E-state index contributed by atoms with van der Waals surface area (Å²) in [4.78, 5) is 40.1. The van der Waals surface area contributed by atoms with Crippen molar-refractivity contribution in [1.82, 2.24) is 10.6 Å². The minimum atomic E-state index is -0.329. The number of nitrogens with one attached hydrogen (secondary N) is 2. The highest BCUT2D eigenvalue weighted by atomic mass is 16.2. The van der Waals surface area contributed by atoms with Crippen molar-refractivity contribution in [3.8, 4) is 0 Å². The number of hydrogen-bond acceptors (Lipinski definition) is 6. The van der Waals surface area contributed by atoms with Gasteiger partial charge in [-0.05, 0) is 25.7 Å². The zero-order chi connectivity index (χ0) is 16.5. The molecule has 8 heteroatoms. The van der Waals surface area contributed by atoms with Gasteiger partial charge in [-0.3, -0.25) is 29.8 Å². The SMILES string of the molecule is NC1CCC(N)CC1.O=C1C=CC(=O)N1.O=C1C=CC(=O)N1. The van der Waals surface area contributed by atoms with E-state index in [1.807, 2.05) is 10.6 Å². The highest BCUT2D eigenvalue weighted by molar-refractivity contribution is 6.13. The van der Waals surface area contributed by atoms with Gasteiger partial charge in [-0.15, -0.1) is 0 Å². The molecule has 0 bridgehead atoms. The van der Waals surface area contributed by atoms with E-state index < -0.39 is 0 Å². The minimum Gasteiger partial charge on any atom is -0.328 e. The van der Waals surface area contributed by atoms with Crippen LogP contribution in [-0.2, 0) is 19.2 Å². The van der Waals surface area contributed by atoms with Crippen LogP contribution in [0.3, 0.4) is 0 Å². The summed E-state index contributed by atoms with van der Waals surface area (Å²) in [5, 5.41) is 4.06. The molecule has 120 valence electrons. The van der Waals surface area contributed by atoms with Gasteiger partial charge in [-0.1, -0.05) is 0 Å². The quantitative estimate of drug-likeness (QED) is 0.406. The molecule has 3 aliphatic rings. The van der Waals surface area contributed by atoms with Gasteiger partial charge in [0.1, 0.15) is 0 Å². The second kappa shape index (κ2) is 8.85. The Balaban J connectivity index is 0.000000166. The fraction of sp³-hybridized carbons (Fsp3) is 0.429. The molecule has 8 nitrogen and oxygen atoms in total. The molecule has 6 N–H and O–H groups in total. The highest BCUT2D eigenvalue weighted by Crippen LogP contribution is 2.14. The molecule has 2 aliphatic heterocycles.